The van der Waals surface area contributed by atoms with Crippen LogP contribution < -0.4 is 4.31 Å². The first-order valence-electron chi connectivity index (χ1n) is 11.9. The third kappa shape index (κ3) is 7.64. The third-order valence-corrected chi connectivity index (χ3v) is 7.73. The van der Waals surface area contributed by atoms with E-state index in [4.69, 9.17) is 5.11 Å². The molecule has 2 unspecified atom stereocenters. The van der Waals surface area contributed by atoms with Crippen molar-refractivity contribution in [3.8, 4) is 11.3 Å². The first-order chi connectivity index (χ1) is 17.4. The molecule has 202 valence electrons. The summed E-state index contributed by atoms with van der Waals surface area (Å²) in [5, 5.41) is 29.2. The number of carboxylic acid groups (broad SMARTS) is 1. The molecular weight excluding hydrogens is 524 g/mol. The van der Waals surface area contributed by atoms with E-state index in [1.165, 1.54) is 31.3 Å². The number of aromatic nitrogens is 2. The summed E-state index contributed by atoms with van der Waals surface area (Å²) in [6.45, 7) is 3.75. The molecule has 0 aliphatic carbocycles. The standard InChI is InChI=1S/C26H32FN3O6S.Na.H/c1-17(2)30-23(14-13-20(31)15-21(32)16-24(33)34)25(18-9-11-19(27)12-10-18)28-26(30)29(3)37(35,36)22-7-5-4-6-8-22;;/h4-12,17,20-21,31-32H,13-16H2,1-3H3,(H,33,34);;. The first kappa shape index (κ1) is 31.9. The molecule has 0 aliphatic rings. The van der Waals surface area contributed by atoms with E-state index in [1.54, 1.807) is 34.9 Å². The minimum absolute atomic E-state index is 0. The molecule has 38 heavy (non-hydrogen) atoms. The summed E-state index contributed by atoms with van der Waals surface area (Å²) in [5.41, 5.74) is 1.64. The number of aliphatic carboxylic acids is 1. The van der Waals surface area contributed by atoms with Gasteiger partial charge in [-0.15, -0.1) is 0 Å². The van der Waals surface area contributed by atoms with Gasteiger partial charge >= 0.3 is 35.5 Å². The quantitative estimate of drug-likeness (QED) is 0.292. The van der Waals surface area contributed by atoms with Gasteiger partial charge in [-0.1, -0.05) is 18.2 Å². The van der Waals surface area contributed by atoms with E-state index >= 15 is 0 Å². The molecule has 3 aromatic rings. The summed E-state index contributed by atoms with van der Waals surface area (Å²) < 4.78 is 43.3. The van der Waals surface area contributed by atoms with E-state index in [2.05, 4.69) is 4.98 Å². The van der Waals surface area contributed by atoms with Crippen molar-refractivity contribution in [2.45, 2.75) is 62.7 Å². The number of hydrogen-bond donors (Lipinski definition) is 3. The predicted octanol–water partition coefficient (Wildman–Crippen LogP) is 2.97. The molecule has 0 bridgehead atoms. The third-order valence-electron chi connectivity index (χ3n) is 5.98. The van der Waals surface area contributed by atoms with Crippen LogP contribution in [-0.2, 0) is 21.2 Å². The summed E-state index contributed by atoms with van der Waals surface area (Å²) in [6, 6.07) is 13.4. The first-order valence-corrected chi connectivity index (χ1v) is 13.3. The molecule has 0 saturated carbocycles. The fourth-order valence-electron chi connectivity index (χ4n) is 4.17. The van der Waals surface area contributed by atoms with Crippen LogP contribution in [0.3, 0.4) is 0 Å². The van der Waals surface area contributed by atoms with E-state index in [0.29, 0.717) is 17.0 Å². The van der Waals surface area contributed by atoms with Gasteiger partial charge in [0.05, 0.1) is 29.2 Å². The van der Waals surface area contributed by atoms with E-state index in [0.717, 1.165) is 4.31 Å². The van der Waals surface area contributed by atoms with Crippen LogP contribution in [0.1, 0.15) is 44.8 Å². The van der Waals surface area contributed by atoms with Crippen LogP contribution in [0.15, 0.2) is 59.5 Å². The summed E-state index contributed by atoms with van der Waals surface area (Å²) in [7, 11) is -2.53. The number of sulfonamides is 1. The van der Waals surface area contributed by atoms with Gasteiger partial charge in [-0.3, -0.25) is 4.79 Å². The minimum atomic E-state index is -3.95. The van der Waals surface area contributed by atoms with Crippen LogP contribution >= 0.6 is 0 Å². The Balaban J connectivity index is 0.00000507. The van der Waals surface area contributed by atoms with Crippen LogP contribution in [0.5, 0.6) is 0 Å². The molecule has 1 heterocycles. The number of halogens is 1. The Kier molecular flexibility index (Phi) is 11.5. The SMILES string of the molecule is CC(C)n1c(N(C)S(=O)(=O)c2ccccc2)nc(-c2ccc(F)cc2)c1CCC(O)CC(O)CC(=O)O.[NaH]. The van der Waals surface area contributed by atoms with Crippen molar-refractivity contribution in [2.24, 2.45) is 0 Å². The molecule has 0 saturated heterocycles. The number of rotatable bonds is 12. The molecule has 9 nitrogen and oxygen atoms in total. The molecule has 0 radical (unpaired) electrons. The van der Waals surface area contributed by atoms with Gasteiger partial charge in [-0.25, -0.2) is 22.1 Å². The monoisotopic (exact) mass is 557 g/mol. The molecule has 3 N–H and O–H groups in total. The number of carboxylic acids is 1. The molecule has 0 spiro atoms. The maximum atomic E-state index is 13.6. The van der Waals surface area contributed by atoms with Crippen molar-refractivity contribution < 1.29 is 32.9 Å². The summed E-state index contributed by atoms with van der Waals surface area (Å²) >= 11 is 0. The molecule has 2 aromatic carbocycles. The average Bonchev–Trinajstić information content (AvgIpc) is 3.22. The Morgan fingerprint density at radius 3 is 2.21 bits per heavy atom. The van der Waals surface area contributed by atoms with Crippen molar-refractivity contribution in [3.63, 3.8) is 0 Å². The molecule has 2 atom stereocenters. The van der Waals surface area contributed by atoms with Crippen LogP contribution in [0.4, 0.5) is 10.3 Å². The predicted molar refractivity (Wildman–Crippen MR) is 144 cm³/mol. The number of aliphatic hydroxyl groups is 2. The number of imidazole rings is 1. The van der Waals surface area contributed by atoms with E-state index in [-0.39, 0.29) is 65.7 Å². The Hall–Kier alpha value is -2.28. The van der Waals surface area contributed by atoms with E-state index in [1.807, 2.05) is 13.8 Å². The van der Waals surface area contributed by atoms with Crippen LogP contribution in [0.25, 0.3) is 11.3 Å². The zero-order valence-electron chi connectivity index (χ0n) is 21.0. The number of aliphatic hydroxyl groups excluding tert-OH is 2. The normalized spacial score (nSPS) is 13.1. The second kappa shape index (κ2) is 13.7. The van der Waals surface area contributed by atoms with Gasteiger partial charge in [0, 0.05) is 24.3 Å². The number of carbonyl (C=O) groups is 1. The van der Waals surface area contributed by atoms with Gasteiger partial charge in [-0.05, 0) is 69.5 Å². The number of nitrogens with zero attached hydrogens (tertiary/aromatic N) is 3. The number of hydrogen-bond acceptors (Lipinski definition) is 6. The summed E-state index contributed by atoms with van der Waals surface area (Å²) in [5.74, 6) is -1.43. The van der Waals surface area contributed by atoms with Crippen molar-refractivity contribution in [1.82, 2.24) is 9.55 Å². The van der Waals surface area contributed by atoms with Gasteiger partial charge in [0.2, 0.25) is 5.95 Å². The summed E-state index contributed by atoms with van der Waals surface area (Å²) in [4.78, 5) is 15.6. The van der Waals surface area contributed by atoms with Gasteiger partial charge in [0.25, 0.3) is 10.0 Å². The molecule has 1 aromatic heterocycles. The topological polar surface area (TPSA) is 133 Å². The fraction of sp³-hybridized carbons (Fsp3) is 0.385. The van der Waals surface area contributed by atoms with Gasteiger partial charge in [-0.2, -0.15) is 0 Å². The van der Waals surface area contributed by atoms with E-state index < -0.39 is 40.4 Å². The number of anilines is 1. The van der Waals surface area contributed by atoms with Gasteiger partial charge in [0.15, 0.2) is 0 Å². The Morgan fingerprint density at radius 1 is 1.05 bits per heavy atom. The zero-order chi connectivity index (χ0) is 27.3. The second-order valence-electron chi connectivity index (χ2n) is 9.14. The van der Waals surface area contributed by atoms with Crippen molar-refractivity contribution in [2.75, 3.05) is 11.4 Å². The van der Waals surface area contributed by atoms with Crippen molar-refractivity contribution >= 4 is 51.5 Å². The molecule has 0 amide bonds. The zero-order valence-corrected chi connectivity index (χ0v) is 21.8. The Labute approximate surface area is 244 Å². The van der Waals surface area contributed by atoms with E-state index in [9.17, 15) is 27.8 Å². The molecule has 0 aliphatic heterocycles. The van der Waals surface area contributed by atoms with Gasteiger partial charge in [0.1, 0.15) is 5.82 Å². The maximum absolute atomic E-state index is 13.6. The van der Waals surface area contributed by atoms with Crippen LogP contribution in [-0.4, -0.2) is 88.1 Å². The van der Waals surface area contributed by atoms with Crippen molar-refractivity contribution in [1.29, 1.82) is 0 Å². The molecule has 3 rings (SSSR count). The average molecular weight is 558 g/mol. The van der Waals surface area contributed by atoms with Crippen molar-refractivity contribution in [3.05, 3.63) is 66.1 Å². The summed E-state index contributed by atoms with van der Waals surface area (Å²) in [6.07, 6.45) is -2.38. The fourth-order valence-corrected chi connectivity index (χ4v) is 5.34. The van der Waals surface area contributed by atoms with Crippen LogP contribution in [0, 0.1) is 5.82 Å². The number of benzene rings is 2. The Morgan fingerprint density at radius 2 is 1.66 bits per heavy atom. The molecule has 0 fully saturated rings. The van der Waals surface area contributed by atoms with Crippen LogP contribution in [0.2, 0.25) is 0 Å². The van der Waals surface area contributed by atoms with Gasteiger partial charge < -0.3 is 19.9 Å². The Bertz CT molecular complexity index is 1320. The molecule has 12 heteroatoms. The second-order valence-corrected chi connectivity index (χ2v) is 11.1. The molecular formula is C26H33FN3NaO6S.